The quantitative estimate of drug-likeness (QED) is 0.275. The molecule has 11 nitrogen and oxygen atoms in total. The van der Waals surface area contributed by atoms with Gasteiger partial charge >= 0.3 is 6.09 Å². The number of hydrogen-bond donors (Lipinski definition) is 3. The molecular weight excluding hydrogens is 596 g/mol. The van der Waals surface area contributed by atoms with Crippen LogP contribution in [-0.4, -0.2) is 58.4 Å². The highest BCUT2D eigenvalue weighted by molar-refractivity contribution is 7.92. The summed E-state index contributed by atoms with van der Waals surface area (Å²) in [5.41, 5.74) is 4.66. The summed E-state index contributed by atoms with van der Waals surface area (Å²) in [7, 11) is 0.629. The summed E-state index contributed by atoms with van der Waals surface area (Å²) in [6, 6.07) is 14.7. The van der Waals surface area contributed by atoms with Gasteiger partial charge in [0.1, 0.15) is 6.04 Å². The summed E-state index contributed by atoms with van der Waals surface area (Å²) in [6.45, 7) is 5.23. The third-order valence-electron chi connectivity index (χ3n) is 8.40. The Hall–Kier alpha value is -4.29. The van der Waals surface area contributed by atoms with Crippen LogP contribution < -0.4 is 25.4 Å². The molecule has 3 N–H and O–H groups in total. The standard InChI is InChI=1S/C33H40N4O7S/c1-20(2)45(40,41)30-13-11-25(36-33(39)44-5)17-26(30)27-7-6-14-37(27)32(38)31(21-9-12-28(42-3)29(16-21)43-4)35-24-10-8-22-18-34-19-23(22)15-24/h8-13,15-17,20,27,31,34-35H,6-7,14,18-19H2,1-5H3,(H,36,39). The molecule has 2 atom stereocenters. The molecule has 0 radical (unpaired) electrons. The molecule has 12 heteroatoms. The van der Waals surface area contributed by atoms with Crippen LogP contribution in [0.3, 0.4) is 0 Å². The molecule has 0 aromatic heterocycles. The predicted octanol–water partition coefficient (Wildman–Crippen LogP) is 5.18. The molecule has 2 amide bonds. The van der Waals surface area contributed by atoms with Gasteiger partial charge in [-0.3, -0.25) is 10.1 Å². The average Bonchev–Trinajstić information content (AvgIpc) is 3.72. The Bertz CT molecular complexity index is 1690. The van der Waals surface area contributed by atoms with Gasteiger partial charge < -0.3 is 29.7 Å². The van der Waals surface area contributed by atoms with Crippen LogP contribution in [-0.2, 0) is 32.5 Å². The second-order valence-electron chi connectivity index (χ2n) is 11.4. The normalized spacial score (nSPS) is 16.7. The molecule has 2 heterocycles. The van der Waals surface area contributed by atoms with E-state index in [1.807, 2.05) is 18.2 Å². The molecular formula is C33H40N4O7S. The molecule has 0 aliphatic carbocycles. The molecule has 2 aliphatic rings. The lowest BCUT2D eigenvalue weighted by atomic mass is 10.00. The van der Waals surface area contributed by atoms with E-state index < -0.39 is 33.3 Å². The van der Waals surface area contributed by atoms with Crippen molar-refractivity contribution >= 4 is 33.2 Å². The van der Waals surface area contributed by atoms with E-state index >= 15 is 0 Å². The van der Waals surface area contributed by atoms with Crippen LogP contribution in [0.15, 0.2) is 59.5 Å². The SMILES string of the molecule is COC(=O)Nc1ccc(S(=O)(=O)C(C)C)c(C2CCCN2C(=O)C(Nc2ccc3c(c2)CNC3)c2ccc(OC)c(OC)c2)c1. The summed E-state index contributed by atoms with van der Waals surface area (Å²) in [5, 5.41) is 8.76. The van der Waals surface area contributed by atoms with E-state index in [2.05, 4.69) is 22.0 Å². The first-order valence-electron chi connectivity index (χ1n) is 14.9. The minimum absolute atomic E-state index is 0.138. The fraction of sp³-hybridized carbons (Fsp3) is 0.394. The second-order valence-corrected chi connectivity index (χ2v) is 13.9. The lowest BCUT2D eigenvalue weighted by molar-refractivity contribution is -0.133. The molecule has 240 valence electrons. The highest BCUT2D eigenvalue weighted by atomic mass is 32.2. The number of likely N-dealkylation sites (tertiary alicyclic amines) is 1. The summed E-state index contributed by atoms with van der Waals surface area (Å²) >= 11 is 0. The number of fused-ring (bicyclic) bond motifs is 1. The molecule has 0 saturated carbocycles. The van der Waals surface area contributed by atoms with Crippen molar-refractivity contribution in [3.05, 3.63) is 76.9 Å². The zero-order valence-corrected chi connectivity index (χ0v) is 27.0. The zero-order valence-electron chi connectivity index (χ0n) is 26.2. The first kappa shape index (κ1) is 32.1. The molecule has 0 spiro atoms. The Balaban J connectivity index is 1.57. The van der Waals surface area contributed by atoms with Gasteiger partial charge in [0, 0.05) is 31.0 Å². The van der Waals surface area contributed by atoms with Crippen LogP contribution in [0.4, 0.5) is 16.2 Å². The third-order valence-corrected chi connectivity index (χ3v) is 10.6. The van der Waals surface area contributed by atoms with E-state index in [4.69, 9.17) is 14.2 Å². The maximum absolute atomic E-state index is 14.7. The van der Waals surface area contributed by atoms with Gasteiger partial charge in [0.05, 0.1) is 37.5 Å². The fourth-order valence-corrected chi connectivity index (χ4v) is 7.25. The number of nitrogens with zero attached hydrogens (tertiary/aromatic N) is 1. The minimum atomic E-state index is -3.72. The topological polar surface area (TPSA) is 135 Å². The van der Waals surface area contributed by atoms with Crippen molar-refractivity contribution in [1.82, 2.24) is 10.2 Å². The fourth-order valence-electron chi connectivity index (χ4n) is 5.96. The van der Waals surface area contributed by atoms with Crippen molar-refractivity contribution < 1.29 is 32.2 Å². The molecule has 45 heavy (non-hydrogen) atoms. The number of carbonyl (C=O) groups excluding carboxylic acids is 2. The zero-order chi connectivity index (χ0) is 32.3. The van der Waals surface area contributed by atoms with Gasteiger partial charge in [-0.25, -0.2) is 13.2 Å². The summed E-state index contributed by atoms with van der Waals surface area (Å²) in [4.78, 5) is 28.6. The average molecular weight is 637 g/mol. The highest BCUT2D eigenvalue weighted by Crippen LogP contribution is 2.41. The van der Waals surface area contributed by atoms with E-state index in [1.165, 1.54) is 24.8 Å². The molecule has 2 aliphatic heterocycles. The van der Waals surface area contributed by atoms with Gasteiger partial charge in [-0.05, 0) is 91.4 Å². The van der Waals surface area contributed by atoms with E-state index in [0.717, 1.165) is 24.3 Å². The number of sulfone groups is 1. The number of amides is 2. The van der Waals surface area contributed by atoms with Crippen LogP contribution in [0.2, 0.25) is 0 Å². The number of ether oxygens (including phenoxy) is 3. The van der Waals surface area contributed by atoms with Crippen molar-refractivity contribution in [2.24, 2.45) is 0 Å². The number of nitrogens with one attached hydrogen (secondary N) is 3. The van der Waals surface area contributed by atoms with E-state index in [0.29, 0.717) is 47.7 Å². The van der Waals surface area contributed by atoms with E-state index in [1.54, 1.807) is 51.2 Å². The summed E-state index contributed by atoms with van der Waals surface area (Å²) < 4.78 is 42.8. The van der Waals surface area contributed by atoms with Gasteiger partial charge in [-0.15, -0.1) is 0 Å². The lowest BCUT2D eigenvalue weighted by Crippen LogP contribution is -2.38. The van der Waals surface area contributed by atoms with Crippen molar-refractivity contribution in [1.29, 1.82) is 0 Å². The Kier molecular flexibility index (Phi) is 9.54. The van der Waals surface area contributed by atoms with Crippen molar-refractivity contribution in [2.75, 3.05) is 38.5 Å². The van der Waals surface area contributed by atoms with E-state index in [-0.39, 0.29) is 10.8 Å². The van der Waals surface area contributed by atoms with Gasteiger partial charge in [0.25, 0.3) is 0 Å². The molecule has 5 rings (SSSR count). The Labute approximate surface area is 264 Å². The molecule has 1 saturated heterocycles. The lowest BCUT2D eigenvalue weighted by Gasteiger charge is -2.32. The molecule has 3 aromatic rings. The molecule has 3 aromatic carbocycles. The number of carbonyl (C=O) groups is 2. The maximum atomic E-state index is 14.7. The van der Waals surface area contributed by atoms with E-state index in [9.17, 15) is 18.0 Å². The monoisotopic (exact) mass is 636 g/mol. The van der Waals surface area contributed by atoms with Crippen molar-refractivity contribution in [3.63, 3.8) is 0 Å². The van der Waals surface area contributed by atoms with Crippen molar-refractivity contribution in [3.8, 4) is 11.5 Å². The third kappa shape index (κ3) is 6.57. The molecule has 2 unspecified atom stereocenters. The maximum Gasteiger partial charge on any atom is 0.411 e. The highest BCUT2D eigenvalue weighted by Gasteiger charge is 2.38. The van der Waals surface area contributed by atoms with Crippen LogP contribution in [0.5, 0.6) is 11.5 Å². The second kappa shape index (κ2) is 13.4. The minimum Gasteiger partial charge on any atom is -0.493 e. The largest absolute Gasteiger partial charge is 0.493 e. The van der Waals surface area contributed by atoms with Crippen LogP contribution >= 0.6 is 0 Å². The number of anilines is 2. The first-order chi connectivity index (χ1) is 21.6. The number of benzene rings is 3. The molecule has 0 bridgehead atoms. The smallest absolute Gasteiger partial charge is 0.411 e. The van der Waals surface area contributed by atoms with Crippen LogP contribution in [0, 0.1) is 0 Å². The van der Waals surface area contributed by atoms with Crippen LogP contribution in [0.1, 0.15) is 61.0 Å². The predicted molar refractivity (Wildman–Crippen MR) is 171 cm³/mol. The Morgan fingerprint density at radius 1 is 0.911 bits per heavy atom. The Morgan fingerprint density at radius 2 is 1.64 bits per heavy atom. The van der Waals surface area contributed by atoms with Gasteiger partial charge in [-0.2, -0.15) is 0 Å². The Morgan fingerprint density at radius 3 is 2.36 bits per heavy atom. The number of rotatable bonds is 10. The van der Waals surface area contributed by atoms with Crippen LogP contribution in [0.25, 0.3) is 0 Å². The number of hydrogen-bond acceptors (Lipinski definition) is 9. The van der Waals surface area contributed by atoms with Gasteiger partial charge in [0.2, 0.25) is 5.91 Å². The van der Waals surface area contributed by atoms with Gasteiger partial charge in [0.15, 0.2) is 21.3 Å². The summed E-state index contributed by atoms with van der Waals surface area (Å²) in [5.74, 6) is 0.800. The van der Waals surface area contributed by atoms with Crippen molar-refractivity contribution in [2.45, 2.75) is 62.0 Å². The summed E-state index contributed by atoms with van der Waals surface area (Å²) in [6.07, 6.45) is 0.550. The van der Waals surface area contributed by atoms with Gasteiger partial charge in [-0.1, -0.05) is 12.1 Å². The molecule has 1 fully saturated rings. The number of methoxy groups -OCH3 is 3. The first-order valence-corrected chi connectivity index (χ1v) is 16.5.